The molecule has 0 heterocycles. The fourth-order valence-corrected chi connectivity index (χ4v) is 1.07. The molecule has 2 N–H and O–H groups in total. The van der Waals surface area contributed by atoms with E-state index in [-0.39, 0.29) is 18.0 Å². The predicted molar refractivity (Wildman–Crippen MR) is 45.4 cm³/mol. The molecule has 1 atom stereocenters. The van der Waals surface area contributed by atoms with Gasteiger partial charge in [0.25, 0.3) is 0 Å². The Kier molecular flexibility index (Phi) is 7.81. The van der Waals surface area contributed by atoms with Crippen LogP contribution in [-0.2, 0) is 0 Å². The van der Waals surface area contributed by atoms with Gasteiger partial charge in [0, 0.05) is 11.4 Å². The van der Waals surface area contributed by atoms with E-state index in [0.717, 1.165) is 25.7 Å². The summed E-state index contributed by atoms with van der Waals surface area (Å²) in [5.74, 6) is 0. The summed E-state index contributed by atoms with van der Waals surface area (Å²) in [4.78, 5) is 0.242. The Morgan fingerprint density at radius 2 is 1.80 bits per heavy atom. The van der Waals surface area contributed by atoms with Crippen molar-refractivity contribution in [2.24, 2.45) is 0 Å². The third kappa shape index (κ3) is 6.52. The van der Waals surface area contributed by atoms with Crippen molar-refractivity contribution in [1.82, 2.24) is 0 Å². The Morgan fingerprint density at radius 1 is 1.10 bits per heavy atom. The molecule has 0 radical (unpaired) electrons. The van der Waals surface area contributed by atoms with Crippen LogP contribution in [0.5, 0.6) is 0 Å². The van der Waals surface area contributed by atoms with Gasteiger partial charge in [0.1, 0.15) is 0 Å². The van der Waals surface area contributed by atoms with Crippen molar-refractivity contribution < 1.29 is 10.2 Å². The molecular formula is C7H15BrO2. The highest BCUT2D eigenvalue weighted by Crippen LogP contribution is 2.09. The van der Waals surface area contributed by atoms with E-state index in [1.807, 2.05) is 0 Å². The minimum Gasteiger partial charge on any atom is -0.396 e. The van der Waals surface area contributed by atoms with Crippen LogP contribution in [0.1, 0.15) is 25.7 Å². The van der Waals surface area contributed by atoms with Gasteiger partial charge >= 0.3 is 0 Å². The zero-order valence-electron chi connectivity index (χ0n) is 6.09. The van der Waals surface area contributed by atoms with Crippen LogP contribution < -0.4 is 0 Å². The number of aliphatic hydroxyl groups excluding tert-OH is 2. The minimum atomic E-state index is 0.207. The molecule has 3 heteroatoms. The van der Waals surface area contributed by atoms with Gasteiger partial charge in [-0.2, -0.15) is 0 Å². The molecule has 10 heavy (non-hydrogen) atoms. The molecule has 0 bridgehead atoms. The summed E-state index contributed by atoms with van der Waals surface area (Å²) >= 11 is 3.32. The van der Waals surface area contributed by atoms with Crippen molar-refractivity contribution in [1.29, 1.82) is 0 Å². The monoisotopic (exact) mass is 210 g/mol. The molecule has 0 aromatic carbocycles. The molecule has 0 aromatic heterocycles. The molecule has 0 aliphatic heterocycles. The second kappa shape index (κ2) is 7.51. The SMILES string of the molecule is OCCCCCC(Br)CO. The van der Waals surface area contributed by atoms with Crippen LogP contribution in [-0.4, -0.2) is 28.3 Å². The van der Waals surface area contributed by atoms with E-state index in [0.29, 0.717) is 0 Å². The lowest BCUT2D eigenvalue weighted by Gasteiger charge is -2.03. The number of unbranched alkanes of at least 4 members (excludes halogenated alkanes) is 2. The molecule has 0 aliphatic carbocycles. The predicted octanol–water partition coefficient (Wildman–Crippen LogP) is 1.29. The molecule has 0 rings (SSSR count). The number of rotatable bonds is 6. The first-order valence-electron chi connectivity index (χ1n) is 3.67. The van der Waals surface area contributed by atoms with Gasteiger partial charge in [-0.25, -0.2) is 0 Å². The highest BCUT2D eigenvalue weighted by atomic mass is 79.9. The van der Waals surface area contributed by atoms with E-state index in [1.165, 1.54) is 0 Å². The van der Waals surface area contributed by atoms with Crippen LogP contribution in [0.25, 0.3) is 0 Å². The molecule has 0 saturated heterocycles. The van der Waals surface area contributed by atoms with Crippen molar-refractivity contribution in [3.63, 3.8) is 0 Å². The Morgan fingerprint density at radius 3 is 2.30 bits per heavy atom. The van der Waals surface area contributed by atoms with Gasteiger partial charge in [-0.05, 0) is 12.8 Å². The Bertz CT molecular complexity index is 68.6. The Hall–Kier alpha value is 0.400. The standard InChI is InChI=1S/C7H15BrO2/c8-7(6-10)4-2-1-3-5-9/h7,9-10H,1-6H2. The van der Waals surface area contributed by atoms with Gasteiger partial charge in [0.2, 0.25) is 0 Å². The summed E-state index contributed by atoms with van der Waals surface area (Å²) in [7, 11) is 0. The largest absolute Gasteiger partial charge is 0.396 e. The van der Waals surface area contributed by atoms with E-state index in [9.17, 15) is 0 Å². The highest BCUT2D eigenvalue weighted by molar-refractivity contribution is 9.09. The number of aliphatic hydroxyl groups is 2. The van der Waals surface area contributed by atoms with E-state index < -0.39 is 0 Å². The van der Waals surface area contributed by atoms with Crippen LogP contribution in [0.15, 0.2) is 0 Å². The first-order valence-corrected chi connectivity index (χ1v) is 4.58. The maximum atomic E-state index is 8.60. The maximum Gasteiger partial charge on any atom is 0.0556 e. The lowest BCUT2D eigenvalue weighted by molar-refractivity contribution is 0.276. The van der Waals surface area contributed by atoms with Crippen molar-refractivity contribution in [2.45, 2.75) is 30.5 Å². The van der Waals surface area contributed by atoms with Crippen LogP contribution in [0, 0.1) is 0 Å². The zero-order valence-corrected chi connectivity index (χ0v) is 7.68. The van der Waals surface area contributed by atoms with Gasteiger partial charge in [-0.15, -0.1) is 0 Å². The number of alkyl halides is 1. The second-order valence-corrected chi connectivity index (χ2v) is 3.65. The van der Waals surface area contributed by atoms with E-state index in [1.54, 1.807) is 0 Å². The third-order valence-corrected chi connectivity index (χ3v) is 2.12. The van der Waals surface area contributed by atoms with Crippen molar-refractivity contribution in [3.8, 4) is 0 Å². The third-order valence-electron chi connectivity index (χ3n) is 1.37. The first-order chi connectivity index (χ1) is 4.81. The van der Waals surface area contributed by atoms with E-state index in [2.05, 4.69) is 15.9 Å². The van der Waals surface area contributed by atoms with E-state index in [4.69, 9.17) is 10.2 Å². The first kappa shape index (κ1) is 10.4. The summed E-state index contributed by atoms with van der Waals surface area (Å²) in [5, 5.41) is 17.0. The molecule has 0 aliphatic rings. The van der Waals surface area contributed by atoms with Crippen molar-refractivity contribution in [3.05, 3.63) is 0 Å². The average Bonchev–Trinajstić information content (AvgIpc) is 1.98. The van der Waals surface area contributed by atoms with Crippen LogP contribution in [0.3, 0.4) is 0 Å². The van der Waals surface area contributed by atoms with Gasteiger partial charge in [-0.1, -0.05) is 28.8 Å². The number of hydrogen-bond acceptors (Lipinski definition) is 2. The average molecular weight is 211 g/mol. The molecule has 62 valence electrons. The molecule has 2 nitrogen and oxygen atoms in total. The van der Waals surface area contributed by atoms with Gasteiger partial charge in [0.15, 0.2) is 0 Å². The van der Waals surface area contributed by atoms with Gasteiger partial charge < -0.3 is 10.2 Å². The van der Waals surface area contributed by atoms with E-state index >= 15 is 0 Å². The van der Waals surface area contributed by atoms with Gasteiger partial charge in [-0.3, -0.25) is 0 Å². The highest BCUT2D eigenvalue weighted by Gasteiger charge is 1.99. The maximum absolute atomic E-state index is 8.60. The smallest absolute Gasteiger partial charge is 0.0556 e. The molecule has 0 fully saturated rings. The lowest BCUT2D eigenvalue weighted by Crippen LogP contribution is -2.02. The summed E-state index contributed by atoms with van der Waals surface area (Å²) in [6.45, 7) is 0.491. The molecular weight excluding hydrogens is 196 g/mol. The second-order valence-electron chi connectivity index (χ2n) is 2.35. The summed E-state index contributed by atoms with van der Waals surface area (Å²) in [5.41, 5.74) is 0. The van der Waals surface area contributed by atoms with Crippen LogP contribution in [0.4, 0.5) is 0 Å². The quantitative estimate of drug-likeness (QED) is 0.513. The van der Waals surface area contributed by atoms with Gasteiger partial charge in [0.05, 0.1) is 6.61 Å². The van der Waals surface area contributed by atoms with Crippen LogP contribution >= 0.6 is 15.9 Å². The fraction of sp³-hybridized carbons (Fsp3) is 1.00. The number of halogens is 1. The van der Waals surface area contributed by atoms with Crippen molar-refractivity contribution >= 4 is 15.9 Å². The molecule has 0 amide bonds. The fourth-order valence-electron chi connectivity index (χ4n) is 0.746. The topological polar surface area (TPSA) is 40.5 Å². The summed E-state index contributed by atoms with van der Waals surface area (Å²) in [6, 6.07) is 0. The normalized spacial score (nSPS) is 13.5. The van der Waals surface area contributed by atoms with Crippen LogP contribution in [0.2, 0.25) is 0 Å². The lowest BCUT2D eigenvalue weighted by atomic mass is 10.1. The molecule has 0 aromatic rings. The molecule has 0 spiro atoms. The summed E-state index contributed by atoms with van der Waals surface area (Å²) < 4.78 is 0. The van der Waals surface area contributed by atoms with Crippen molar-refractivity contribution in [2.75, 3.05) is 13.2 Å². The zero-order chi connectivity index (χ0) is 7.82. The Balaban J connectivity index is 2.89. The minimum absolute atomic E-state index is 0.207. The Labute approximate surface area is 70.4 Å². The summed E-state index contributed by atoms with van der Waals surface area (Å²) in [6.07, 6.45) is 4.01. The number of hydrogen-bond donors (Lipinski definition) is 2. The molecule has 1 unspecified atom stereocenters. The molecule has 0 saturated carbocycles.